The van der Waals surface area contributed by atoms with Gasteiger partial charge in [0.1, 0.15) is 0 Å². The van der Waals surface area contributed by atoms with Crippen LogP contribution in [0.4, 0.5) is 0 Å². The molecule has 0 spiro atoms. The van der Waals surface area contributed by atoms with Crippen LogP contribution in [0, 0.1) is 0 Å². The minimum atomic E-state index is 0. The Morgan fingerprint density at radius 3 is 1.41 bits per heavy atom. The van der Waals surface area contributed by atoms with Crippen LogP contribution < -0.4 is 18.9 Å². The molecule has 17 heavy (non-hydrogen) atoms. The summed E-state index contributed by atoms with van der Waals surface area (Å²) in [5, 5.41) is 0. The summed E-state index contributed by atoms with van der Waals surface area (Å²) < 4.78 is 0. The Bertz CT molecular complexity index is 344. The summed E-state index contributed by atoms with van der Waals surface area (Å²) in [6.45, 7) is 13.5. The van der Waals surface area contributed by atoms with Crippen LogP contribution in [0.25, 0.3) is 0 Å². The molecule has 92 valence electrons. The Labute approximate surface area is 126 Å². The zero-order valence-corrected chi connectivity index (χ0v) is 13.2. The van der Waals surface area contributed by atoms with Crippen molar-refractivity contribution in [2.45, 2.75) is 64.2 Å². The second-order valence-corrected chi connectivity index (χ2v) is 5.96. The molecule has 0 aliphatic carbocycles. The first-order chi connectivity index (χ1) is 7.34. The molecule has 0 bridgehead atoms. The van der Waals surface area contributed by atoms with Gasteiger partial charge in [-0.1, -0.05) is 53.7 Å². The molecule has 0 unspecified atom stereocenters. The molecule has 1 aromatic rings. The summed E-state index contributed by atoms with van der Waals surface area (Å²) in [6, 6.07) is 4.65. The van der Waals surface area contributed by atoms with Crippen LogP contribution in [0.1, 0.15) is 77.4 Å². The fourth-order valence-electron chi connectivity index (χ4n) is 1.92. The molecule has 0 saturated heterocycles. The molecule has 0 N–H and O–H groups in total. The molecule has 0 saturated carbocycles. The van der Waals surface area contributed by atoms with Crippen molar-refractivity contribution >= 4 is 12.6 Å². The molecule has 0 atom stereocenters. The number of hydrogen-bond donors (Lipinski definition) is 1. The van der Waals surface area contributed by atoms with Gasteiger partial charge in [-0.3, -0.25) is 0 Å². The van der Waals surface area contributed by atoms with Gasteiger partial charge in [0.2, 0.25) is 0 Å². The van der Waals surface area contributed by atoms with E-state index in [0.717, 1.165) is 0 Å². The van der Waals surface area contributed by atoms with Crippen LogP contribution in [-0.4, -0.2) is 0 Å². The second-order valence-electron chi connectivity index (χ2n) is 5.51. The minimum Gasteiger partial charge on any atom is -1.00 e. The Morgan fingerprint density at radius 1 is 0.824 bits per heavy atom. The van der Waals surface area contributed by atoms with Crippen molar-refractivity contribution in [1.82, 2.24) is 0 Å². The maximum atomic E-state index is 4.71. The molecular weight excluding hydrogens is 219 g/mol. The fourth-order valence-corrected chi connectivity index (χ4v) is 2.56. The van der Waals surface area contributed by atoms with E-state index in [1.54, 1.807) is 0 Å². The number of hydrogen-bond acceptors (Lipinski definition) is 1. The molecule has 2 heteroatoms. The van der Waals surface area contributed by atoms with Gasteiger partial charge in [0.05, 0.1) is 0 Å². The largest absolute Gasteiger partial charge is 1.00 e. The SMILES string of the molecule is CC(C)c1cc(C(C)C)c(S)c(C(C)C)c1.[H-].[Li+]. The third-order valence-corrected chi connectivity index (χ3v) is 3.62. The normalized spacial score (nSPS) is 11.2. The summed E-state index contributed by atoms with van der Waals surface area (Å²) in [6.07, 6.45) is 0. The van der Waals surface area contributed by atoms with E-state index in [1.165, 1.54) is 21.6 Å². The van der Waals surface area contributed by atoms with E-state index >= 15 is 0 Å². The van der Waals surface area contributed by atoms with E-state index in [0.29, 0.717) is 17.8 Å². The molecule has 0 fully saturated rings. The molecule has 1 rings (SSSR count). The smallest absolute Gasteiger partial charge is 1.00 e. The van der Waals surface area contributed by atoms with Crippen molar-refractivity contribution in [3.05, 3.63) is 28.8 Å². The summed E-state index contributed by atoms with van der Waals surface area (Å²) >= 11 is 4.71. The maximum Gasteiger partial charge on any atom is 1.00 e. The third kappa shape index (κ3) is 4.09. The standard InChI is InChI=1S/C15H24S.Li.H/c1-9(2)12-7-13(10(3)4)15(16)14(8-12)11(5)6;;/h7-11,16H,1-6H3;;/q;+1;-1. The maximum absolute atomic E-state index is 4.71. The molecule has 0 heterocycles. The minimum absolute atomic E-state index is 0. The Balaban J connectivity index is 0. The number of benzene rings is 1. The predicted octanol–water partition coefficient (Wildman–Crippen LogP) is 2.46. The molecular formula is C15H25LiS. The summed E-state index contributed by atoms with van der Waals surface area (Å²) in [4.78, 5) is 1.19. The third-order valence-electron chi connectivity index (χ3n) is 3.10. The van der Waals surface area contributed by atoms with Gasteiger partial charge in [-0.15, -0.1) is 12.6 Å². The average Bonchev–Trinajstić information content (AvgIpc) is 2.16. The number of thiol groups is 1. The van der Waals surface area contributed by atoms with Crippen LogP contribution in [0.2, 0.25) is 0 Å². The zero-order valence-electron chi connectivity index (χ0n) is 13.3. The van der Waals surface area contributed by atoms with Crippen LogP contribution >= 0.6 is 12.6 Å². The quantitative estimate of drug-likeness (QED) is 0.613. The van der Waals surface area contributed by atoms with Crippen LogP contribution in [0.15, 0.2) is 17.0 Å². The van der Waals surface area contributed by atoms with Gasteiger partial charge >= 0.3 is 18.9 Å². The van der Waals surface area contributed by atoms with Gasteiger partial charge in [0.15, 0.2) is 0 Å². The zero-order chi connectivity index (χ0) is 12.5. The van der Waals surface area contributed by atoms with E-state index < -0.39 is 0 Å². The van der Waals surface area contributed by atoms with Gasteiger partial charge in [0.25, 0.3) is 0 Å². The van der Waals surface area contributed by atoms with E-state index in [9.17, 15) is 0 Å². The van der Waals surface area contributed by atoms with Crippen molar-refractivity contribution in [1.29, 1.82) is 0 Å². The van der Waals surface area contributed by atoms with E-state index in [2.05, 4.69) is 53.7 Å². The van der Waals surface area contributed by atoms with Crippen molar-refractivity contribution < 1.29 is 20.3 Å². The molecule has 0 nitrogen and oxygen atoms in total. The fraction of sp³-hybridized carbons (Fsp3) is 0.600. The monoisotopic (exact) mass is 244 g/mol. The van der Waals surface area contributed by atoms with Crippen LogP contribution in [-0.2, 0) is 0 Å². The van der Waals surface area contributed by atoms with Crippen molar-refractivity contribution in [3.8, 4) is 0 Å². The van der Waals surface area contributed by atoms with Gasteiger partial charge in [0, 0.05) is 4.90 Å². The second kappa shape index (κ2) is 6.93. The van der Waals surface area contributed by atoms with Crippen molar-refractivity contribution in [2.24, 2.45) is 0 Å². The molecule has 0 aliphatic rings. The van der Waals surface area contributed by atoms with Gasteiger partial charge < -0.3 is 1.43 Å². The van der Waals surface area contributed by atoms with E-state index in [1.807, 2.05) is 0 Å². The van der Waals surface area contributed by atoms with Gasteiger partial charge in [-0.2, -0.15) is 0 Å². The van der Waals surface area contributed by atoms with Crippen LogP contribution in [0.5, 0.6) is 0 Å². The molecule has 0 amide bonds. The molecule has 1 aromatic carbocycles. The molecule has 0 aliphatic heterocycles. The van der Waals surface area contributed by atoms with E-state index in [-0.39, 0.29) is 20.3 Å². The van der Waals surface area contributed by atoms with Crippen molar-refractivity contribution in [2.75, 3.05) is 0 Å². The van der Waals surface area contributed by atoms with Crippen molar-refractivity contribution in [3.63, 3.8) is 0 Å². The first-order valence-electron chi connectivity index (χ1n) is 6.21. The number of rotatable bonds is 3. The summed E-state index contributed by atoms with van der Waals surface area (Å²) in [5.74, 6) is 1.68. The van der Waals surface area contributed by atoms with Crippen LogP contribution in [0.3, 0.4) is 0 Å². The van der Waals surface area contributed by atoms with Gasteiger partial charge in [-0.05, 0) is 34.4 Å². The first-order valence-corrected chi connectivity index (χ1v) is 6.66. The Hall–Kier alpha value is 0.167. The average molecular weight is 244 g/mol. The topological polar surface area (TPSA) is 0 Å². The molecule has 0 aromatic heterocycles. The van der Waals surface area contributed by atoms with E-state index in [4.69, 9.17) is 12.6 Å². The predicted molar refractivity (Wildman–Crippen MR) is 77.1 cm³/mol. The summed E-state index contributed by atoms with van der Waals surface area (Å²) in [5.41, 5.74) is 4.21. The first kappa shape index (κ1) is 17.2. The Kier molecular flexibility index (Phi) is 7.00. The Morgan fingerprint density at radius 2 is 1.18 bits per heavy atom. The molecule has 0 radical (unpaired) electrons. The van der Waals surface area contributed by atoms with Gasteiger partial charge in [-0.25, -0.2) is 0 Å². The summed E-state index contributed by atoms with van der Waals surface area (Å²) in [7, 11) is 0.